The fourth-order valence-corrected chi connectivity index (χ4v) is 2.80. The molecule has 0 aliphatic heterocycles. The summed E-state index contributed by atoms with van der Waals surface area (Å²) in [6.07, 6.45) is 1.49. The van der Waals surface area contributed by atoms with Crippen molar-refractivity contribution in [2.24, 2.45) is 5.10 Å². The van der Waals surface area contributed by atoms with Crippen LogP contribution in [0.15, 0.2) is 41.5 Å². The molecule has 8 nitrogen and oxygen atoms in total. The van der Waals surface area contributed by atoms with Crippen molar-refractivity contribution in [3.05, 3.63) is 47.7 Å². The lowest BCUT2D eigenvalue weighted by Crippen LogP contribution is -2.17. The molecule has 1 heterocycles. The summed E-state index contributed by atoms with van der Waals surface area (Å²) in [7, 11) is 6.26. The van der Waals surface area contributed by atoms with Crippen LogP contribution < -0.4 is 24.4 Å². The lowest BCUT2D eigenvalue weighted by molar-refractivity contribution is 0.0951. The molecule has 0 saturated carbocycles. The fraction of sp³-hybridized carbons (Fsp3) is 0.200. The molecular weight excluding hydrogens is 362 g/mol. The molecule has 2 aromatic carbocycles. The van der Waals surface area contributed by atoms with Gasteiger partial charge in [0.1, 0.15) is 28.7 Å². The number of hydrogen-bond donors (Lipinski definition) is 2. The highest BCUT2D eigenvalue weighted by atomic mass is 16.5. The first-order valence-corrected chi connectivity index (χ1v) is 8.40. The lowest BCUT2D eigenvalue weighted by Gasteiger charge is -2.06. The van der Waals surface area contributed by atoms with Crippen LogP contribution in [-0.4, -0.2) is 45.5 Å². The SMILES string of the molecule is COc1ccc(OC)c(/C=N/NC(=O)c2cc3c(OC)ccc(OC)c3[nH]2)c1. The van der Waals surface area contributed by atoms with Gasteiger partial charge in [-0.1, -0.05) is 0 Å². The Morgan fingerprint density at radius 2 is 1.61 bits per heavy atom. The Balaban J connectivity index is 1.83. The summed E-state index contributed by atoms with van der Waals surface area (Å²) >= 11 is 0. The molecule has 3 aromatic rings. The highest BCUT2D eigenvalue weighted by Gasteiger charge is 2.15. The smallest absolute Gasteiger partial charge is 0.287 e. The first kappa shape index (κ1) is 19.1. The standard InChI is InChI=1S/C20H21N3O5/c1-25-13-5-6-16(26-2)12(9-13)11-21-23-20(24)15-10-14-17(27-3)7-8-18(28-4)19(14)22-15/h5-11,22H,1-4H3,(H,23,24)/b21-11+. The van der Waals surface area contributed by atoms with Gasteiger partial charge >= 0.3 is 0 Å². The number of benzene rings is 2. The number of nitrogens with zero attached hydrogens (tertiary/aromatic N) is 1. The Bertz CT molecular complexity index is 985. The average molecular weight is 383 g/mol. The quantitative estimate of drug-likeness (QED) is 0.483. The normalized spacial score (nSPS) is 10.9. The number of ether oxygens (including phenoxy) is 4. The van der Waals surface area contributed by atoms with Crippen molar-refractivity contribution in [1.82, 2.24) is 10.4 Å². The molecule has 0 saturated heterocycles. The zero-order valence-electron chi connectivity index (χ0n) is 16.0. The second-order valence-electron chi connectivity index (χ2n) is 5.75. The van der Waals surface area contributed by atoms with E-state index in [1.165, 1.54) is 6.21 Å². The molecule has 3 rings (SSSR count). The third kappa shape index (κ3) is 3.71. The first-order chi connectivity index (χ1) is 13.6. The Kier molecular flexibility index (Phi) is 5.69. The van der Waals surface area contributed by atoms with Crippen LogP contribution >= 0.6 is 0 Å². The fourth-order valence-electron chi connectivity index (χ4n) is 2.80. The van der Waals surface area contributed by atoms with E-state index in [1.54, 1.807) is 64.8 Å². The number of rotatable bonds is 7. The van der Waals surface area contributed by atoms with Crippen molar-refractivity contribution in [2.45, 2.75) is 0 Å². The summed E-state index contributed by atoms with van der Waals surface area (Å²) in [6, 6.07) is 10.5. The monoisotopic (exact) mass is 383 g/mol. The molecule has 0 spiro atoms. The highest BCUT2D eigenvalue weighted by Crippen LogP contribution is 2.33. The van der Waals surface area contributed by atoms with Gasteiger partial charge in [0.2, 0.25) is 0 Å². The number of hydrazone groups is 1. The van der Waals surface area contributed by atoms with Crippen molar-refractivity contribution in [2.75, 3.05) is 28.4 Å². The summed E-state index contributed by atoms with van der Waals surface area (Å²) in [5.74, 6) is 2.11. The molecule has 0 atom stereocenters. The van der Waals surface area contributed by atoms with Crippen LogP contribution in [0.1, 0.15) is 16.1 Å². The maximum atomic E-state index is 12.5. The zero-order valence-corrected chi connectivity index (χ0v) is 16.0. The molecule has 1 aromatic heterocycles. The van der Waals surface area contributed by atoms with E-state index >= 15 is 0 Å². The van der Waals surface area contributed by atoms with Gasteiger partial charge in [-0.3, -0.25) is 4.79 Å². The Hall–Kier alpha value is -3.68. The molecule has 1 amide bonds. The number of amides is 1. The van der Waals surface area contributed by atoms with E-state index in [1.807, 2.05) is 0 Å². The predicted octanol–water partition coefficient (Wildman–Crippen LogP) is 2.97. The van der Waals surface area contributed by atoms with Crippen LogP contribution in [0.2, 0.25) is 0 Å². The highest BCUT2D eigenvalue weighted by molar-refractivity contribution is 6.01. The molecule has 28 heavy (non-hydrogen) atoms. The van der Waals surface area contributed by atoms with Gasteiger partial charge in [0, 0.05) is 10.9 Å². The molecule has 0 unspecified atom stereocenters. The summed E-state index contributed by atoms with van der Waals surface area (Å²) in [5.41, 5.74) is 4.16. The largest absolute Gasteiger partial charge is 0.497 e. The Morgan fingerprint density at radius 1 is 0.929 bits per heavy atom. The minimum absolute atomic E-state index is 0.326. The minimum atomic E-state index is -0.404. The van der Waals surface area contributed by atoms with Crippen molar-refractivity contribution >= 4 is 23.0 Å². The van der Waals surface area contributed by atoms with Crippen LogP contribution in [0.3, 0.4) is 0 Å². The summed E-state index contributed by atoms with van der Waals surface area (Å²) in [6.45, 7) is 0. The van der Waals surface area contributed by atoms with E-state index < -0.39 is 5.91 Å². The molecule has 0 fully saturated rings. The van der Waals surface area contributed by atoms with Gasteiger partial charge in [0.05, 0.1) is 40.2 Å². The summed E-state index contributed by atoms with van der Waals surface area (Å²) in [4.78, 5) is 15.5. The zero-order chi connectivity index (χ0) is 20.1. The van der Waals surface area contributed by atoms with Crippen LogP contribution in [-0.2, 0) is 0 Å². The van der Waals surface area contributed by atoms with Crippen molar-refractivity contribution in [1.29, 1.82) is 0 Å². The molecule has 8 heteroatoms. The number of nitrogens with one attached hydrogen (secondary N) is 2. The van der Waals surface area contributed by atoms with E-state index in [9.17, 15) is 4.79 Å². The number of aromatic nitrogens is 1. The van der Waals surface area contributed by atoms with Gasteiger partial charge in [0.25, 0.3) is 5.91 Å². The van der Waals surface area contributed by atoms with E-state index in [-0.39, 0.29) is 0 Å². The Morgan fingerprint density at radius 3 is 2.29 bits per heavy atom. The van der Waals surface area contributed by atoms with Crippen LogP contribution in [0, 0.1) is 0 Å². The minimum Gasteiger partial charge on any atom is -0.497 e. The number of carbonyl (C=O) groups excluding carboxylic acids is 1. The molecule has 146 valence electrons. The van der Waals surface area contributed by atoms with Gasteiger partial charge in [0.15, 0.2) is 0 Å². The molecule has 0 bridgehead atoms. The number of fused-ring (bicyclic) bond motifs is 1. The van der Waals surface area contributed by atoms with E-state index in [4.69, 9.17) is 18.9 Å². The van der Waals surface area contributed by atoms with Crippen LogP contribution in [0.25, 0.3) is 10.9 Å². The second-order valence-corrected chi connectivity index (χ2v) is 5.75. The maximum Gasteiger partial charge on any atom is 0.287 e. The summed E-state index contributed by atoms with van der Waals surface area (Å²) < 4.78 is 21.2. The van der Waals surface area contributed by atoms with Gasteiger partial charge in [-0.05, 0) is 36.4 Å². The third-order valence-electron chi connectivity index (χ3n) is 4.21. The van der Waals surface area contributed by atoms with Crippen molar-refractivity contribution in [3.63, 3.8) is 0 Å². The van der Waals surface area contributed by atoms with Gasteiger partial charge in [-0.2, -0.15) is 5.10 Å². The third-order valence-corrected chi connectivity index (χ3v) is 4.21. The second kappa shape index (κ2) is 8.34. The number of aromatic amines is 1. The molecule has 0 radical (unpaired) electrons. The van der Waals surface area contributed by atoms with Gasteiger partial charge in [-0.25, -0.2) is 5.43 Å². The maximum absolute atomic E-state index is 12.5. The molecule has 0 aliphatic carbocycles. The number of H-pyrrole nitrogens is 1. The van der Waals surface area contributed by atoms with Crippen molar-refractivity contribution < 1.29 is 23.7 Å². The average Bonchev–Trinajstić information content (AvgIpc) is 3.18. The summed E-state index contributed by atoms with van der Waals surface area (Å²) in [5, 5.41) is 4.76. The molecule has 0 aliphatic rings. The van der Waals surface area contributed by atoms with Crippen LogP contribution in [0.4, 0.5) is 0 Å². The van der Waals surface area contributed by atoms with E-state index in [0.717, 1.165) is 5.39 Å². The molecular formula is C20H21N3O5. The number of methoxy groups -OCH3 is 4. The van der Waals surface area contributed by atoms with E-state index in [2.05, 4.69) is 15.5 Å². The molecule has 2 N–H and O–H groups in total. The predicted molar refractivity (Wildman–Crippen MR) is 106 cm³/mol. The lowest BCUT2D eigenvalue weighted by atomic mass is 10.2. The number of hydrogen-bond acceptors (Lipinski definition) is 6. The van der Waals surface area contributed by atoms with Crippen LogP contribution in [0.5, 0.6) is 23.0 Å². The topological polar surface area (TPSA) is 94.2 Å². The first-order valence-electron chi connectivity index (χ1n) is 8.40. The van der Waals surface area contributed by atoms with E-state index in [0.29, 0.717) is 39.8 Å². The Labute approximate surface area is 162 Å². The number of carbonyl (C=O) groups is 1. The van der Waals surface area contributed by atoms with Gasteiger partial charge in [-0.15, -0.1) is 0 Å². The van der Waals surface area contributed by atoms with Crippen molar-refractivity contribution in [3.8, 4) is 23.0 Å². The van der Waals surface area contributed by atoms with Gasteiger partial charge < -0.3 is 23.9 Å².